The summed E-state index contributed by atoms with van der Waals surface area (Å²) in [5.41, 5.74) is 1.85. The molecule has 0 aliphatic carbocycles. The van der Waals surface area contributed by atoms with E-state index in [0.29, 0.717) is 28.2 Å². The molecular weight excluding hydrogens is 443 g/mol. The quantitative estimate of drug-likeness (QED) is 0.447. The topological polar surface area (TPSA) is 86.1 Å². The first-order chi connectivity index (χ1) is 15.5. The number of sulfonamides is 1. The largest absolute Gasteiger partial charge is 0.494 e. The number of halogens is 1. The van der Waals surface area contributed by atoms with Crippen LogP contribution in [0.1, 0.15) is 32.0 Å². The Morgan fingerprint density at radius 2 is 1.85 bits per heavy atom. The number of nitrogens with zero attached hydrogens (tertiary/aromatic N) is 3. The minimum absolute atomic E-state index is 0.167. The molecule has 7 nitrogen and oxygen atoms in total. The van der Waals surface area contributed by atoms with Gasteiger partial charge in [-0.3, -0.25) is 9.71 Å². The molecule has 0 radical (unpaired) electrons. The van der Waals surface area contributed by atoms with Crippen molar-refractivity contribution in [1.82, 2.24) is 14.8 Å². The molecular formula is C24H25FN4O3S. The summed E-state index contributed by atoms with van der Waals surface area (Å²) in [4.78, 5) is 4.22. The van der Waals surface area contributed by atoms with Crippen LogP contribution in [0.25, 0.3) is 16.6 Å². The smallest absolute Gasteiger partial charge is 0.263 e. The third-order valence-electron chi connectivity index (χ3n) is 5.29. The van der Waals surface area contributed by atoms with Crippen molar-refractivity contribution < 1.29 is 17.5 Å². The van der Waals surface area contributed by atoms with Crippen LogP contribution in [-0.2, 0) is 15.4 Å². The SMILES string of the molecule is COc1ccc(-n2nc(C)cc2NS(=O)(=O)c2ccc(C(C)(C)C)c(F)c2)c2cccnc12. The maximum atomic E-state index is 14.7. The lowest BCUT2D eigenvalue weighted by Gasteiger charge is -2.20. The van der Waals surface area contributed by atoms with E-state index in [1.165, 1.54) is 16.8 Å². The number of nitrogens with one attached hydrogen (secondary N) is 1. The summed E-state index contributed by atoms with van der Waals surface area (Å²) in [5, 5.41) is 5.21. The zero-order valence-corrected chi connectivity index (χ0v) is 19.9. The van der Waals surface area contributed by atoms with Gasteiger partial charge in [0.1, 0.15) is 22.9 Å². The fourth-order valence-electron chi connectivity index (χ4n) is 3.70. The molecule has 0 fully saturated rings. The van der Waals surface area contributed by atoms with Crippen molar-refractivity contribution in [2.45, 2.75) is 38.0 Å². The van der Waals surface area contributed by atoms with Gasteiger partial charge in [-0.15, -0.1) is 0 Å². The van der Waals surface area contributed by atoms with E-state index in [-0.39, 0.29) is 10.7 Å². The molecule has 4 aromatic rings. The molecule has 2 aromatic heterocycles. The summed E-state index contributed by atoms with van der Waals surface area (Å²) in [5.74, 6) is 0.250. The lowest BCUT2D eigenvalue weighted by atomic mass is 9.87. The third-order valence-corrected chi connectivity index (χ3v) is 6.64. The predicted molar refractivity (Wildman–Crippen MR) is 126 cm³/mol. The standard InChI is InChI=1S/C24H25FN4O3S/c1-15-13-22(28-33(30,31)16-8-9-18(19(25)14-16)24(2,3)4)29(27-15)20-10-11-21(32-5)23-17(20)7-6-12-26-23/h6-14,28H,1-5H3. The van der Waals surface area contributed by atoms with E-state index in [0.717, 1.165) is 11.5 Å². The zero-order valence-electron chi connectivity index (χ0n) is 19.0. The van der Waals surface area contributed by atoms with Gasteiger partial charge in [0.15, 0.2) is 0 Å². The molecule has 0 aliphatic rings. The van der Waals surface area contributed by atoms with E-state index in [4.69, 9.17) is 4.74 Å². The molecule has 2 heterocycles. The van der Waals surface area contributed by atoms with Crippen LogP contribution in [0.2, 0.25) is 0 Å². The maximum Gasteiger partial charge on any atom is 0.263 e. The average Bonchev–Trinajstić information content (AvgIpc) is 3.10. The van der Waals surface area contributed by atoms with Gasteiger partial charge in [0, 0.05) is 17.6 Å². The number of ether oxygens (including phenoxy) is 1. The molecule has 0 saturated heterocycles. The number of rotatable bonds is 5. The minimum Gasteiger partial charge on any atom is -0.494 e. The maximum absolute atomic E-state index is 14.7. The Morgan fingerprint density at radius 1 is 1.09 bits per heavy atom. The molecule has 1 N–H and O–H groups in total. The van der Waals surface area contributed by atoms with Crippen LogP contribution in [0.3, 0.4) is 0 Å². The van der Waals surface area contributed by atoms with Crippen molar-refractivity contribution in [2.24, 2.45) is 0 Å². The van der Waals surface area contributed by atoms with Crippen molar-refractivity contribution in [3.05, 3.63) is 71.8 Å². The Bertz CT molecular complexity index is 1460. The lowest BCUT2D eigenvalue weighted by Crippen LogP contribution is -2.18. The van der Waals surface area contributed by atoms with Crippen LogP contribution >= 0.6 is 0 Å². The van der Waals surface area contributed by atoms with Crippen LogP contribution in [0.4, 0.5) is 10.2 Å². The highest BCUT2D eigenvalue weighted by Gasteiger charge is 2.24. The van der Waals surface area contributed by atoms with Gasteiger partial charge in [-0.1, -0.05) is 26.8 Å². The summed E-state index contributed by atoms with van der Waals surface area (Å²) < 4.78 is 50.4. The second kappa shape index (κ2) is 8.15. The summed E-state index contributed by atoms with van der Waals surface area (Å²) in [7, 11) is -2.51. The molecule has 0 atom stereocenters. The Balaban J connectivity index is 1.78. The Labute approximate surface area is 192 Å². The Hall–Kier alpha value is -3.46. The zero-order chi connectivity index (χ0) is 24.0. The first-order valence-corrected chi connectivity index (χ1v) is 11.8. The van der Waals surface area contributed by atoms with Gasteiger partial charge in [-0.05, 0) is 54.3 Å². The second-order valence-electron chi connectivity index (χ2n) is 8.77. The molecule has 4 rings (SSSR count). The van der Waals surface area contributed by atoms with Gasteiger partial charge < -0.3 is 4.74 Å². The number of hydrogen-bond acceptors (Lipinski definition) is 5. The van der Waals surface area contributed by atoms with Gasteiger partial charge in [-0.2, -0.15) is 5.10 Å². The number of hydrogen-bond donors (Lipinski definition) is 1. The highest BCUT2D eigenvalue weighted by Crippen LogP contribution is 2.32. The molecule has 33 heavy (non-hydrogen) atoms. The number of pyridine rings is 1. The number of anilines is 1. The summed E-state index contributed by atoms with van der Waals surface area (Å²) in [6.45, 7) is 7.36. The molecule has 0 saturated carbocycles. The van der Waals surface area contributed by atoms with Crippen LogP contribution in [0, 0.1) is 12.7 Å². The monoisotopic (exact) mass is 468 g/mol. The Kier molecular flexibility index (Phi) is 5.61. The van der Waals surface area contributed by atoms with Gasteiger partial charge in [0.25, 0.3) is 10.0 Å². The first kappa shape index (κ1) is 22.7. The number of fused-ring (bicyclic) bond motifs is 1. The van der Waals surface area contributed by atoms with E-state index in [1.54, 1.807) is 44.5 Å². The van der Waals surface area contributed by atoms with E-state index in [9.17, 15) is 12.8 Å². The lowest BCUT2D eigenvalue weighted by molar-refractivity contribution is 0.419. The third kappa shape index (κ3) is 4.28. The summed E-state index contributed by atoms with van der Waals surface area (Å²) in [6.07, 6.45) is 1.66. The van der Waals surface area contributed by atoms with E-state index in [2.05, 4.69) is 14.8 Å². The van der Waals surface area contributed by atoms with Crippen LogP contribution in [-0.4, -0.2) is 30.3 Å². The highest BCUT2D eigenvalue weighted by molar-refractivity contribution is 7.92. The Morgan fingerprint density at radius 3 is 2.52 bits per heavy atom. The van der Waals surface area contributed by atoms with Crippen LogP contribution in [0.15, 0.2) is 59.6 Å². The number of methoxy groups -OCH3 is 1. The first-order valence-electron chi connectivity index (χ1n) is 10.3. The van der Waals surface area contributed by atoms with Crippen molar-refractivity contribution in [1.29, 1.82) is 0 Å². The van der Waals surface area contributed by atoms with Crippen LogP contribution in [0.5, 0.6) is 5.75 Å². The average molecular weight is 469 g/mol. The fourth-order valence-corrected chi connectivity index (χ4v) is 4.75. The fraction of sp³-hybridized carbons (Fsp3) is 0.250. The van der Waals surface area contributed by atoms with Crippen LogP contribution < -0.4 is 9.46 Å². The van der Waals surface area contributed by atoms with Gasteiger partial charge >= 0.3 is 0 Å². The summed E-state index contributed by atoms with van der Waals surface area (Å²) >= 11 is 0. The van der Waals surface area contributed by atoms with E-state index in [1.807, 2.05) is 26.8 Å². The molecule has 0 aliphatic heterocycles. The molecule has 2 aromatic carbocycles. The highest BCUT2D eigenvalue weighted by atomic mass is 32.2. The number of aryl methyl sites for hydroxylation is 1. The van der Waals surface area contributed by atoms with Gasteiger partial charge in [-0.25, -0.2) is 17.5 Å². The van der Waals surface area contributed by atoms with Gasteiger partial charge in [0.05, 0.1) is 23.4 Å². The summed E-state index contributed by atoms with van der Waals surface area (Å²) in [6, 6.07) is 12.8. The van der Waals surface area contributed by atoms with E-state index >= 15 is 0 Å². The molecule has 9 heteroatoms. The molecule has 0 unspecified atom stereocenters. The minimum atomic E-state index is -4.07. The number of aromatic nitrogens is 3. The van der Waals surface area contributed by atoms with Gasteiger partial charge in [0.2, 0.25) is 0 Å². The van der Waals surface area contributed by atoms with E-state index < -0.39 is 21.3 Å². The van der Waals surface area contributed by atoms with Crippen molar-refractivity contribution >= 4 is 26.7 Å². The number of benzene rings is 2. The molecule has 0 bridgehead atoms. The predicted octanol–water partition coefficient (Wildman–Crippen LogP) is 4.97. The van der Waals surface area contributed by atoms with Crippen molar-refractivity contribution in [3.8, 4) is 11.4 Å². The molecule has 0 amide bonds. The van der Waals surface area contributed by atoms with Crippen molar-refractivity contribution in [2.75, 3.05) is 11.8 Å². The molecule has 0 spiro atoms. The normalized spacial score (nSPS) is 12.2. The second-order valence-corrected chi connectivity index (χ2v) is 10.4. The molecule has 172 valence electrons. The van der Waals surface area contributed by atoms with Crippen molar-refractivity contribution in [3.63, 3.8) is 0 Å².